The molecule has 20 heteroatoms. The zero-order valence-corrected chi connectivity index (χ0v) is 44.2. The first-order chi connectivity index (χ1) is 16.8. The Bertz CT molecular complexity index is 365. The van der Waals surface area contributed by atoms with Crippen molar-refractivity contribution >= 4 is 164 Å². The van der Waals surface area contributed by atoms with Crippen LogP contribution in [-0.4, -0.2) is 74.9 Å². The molecule has 0 radical (unpaired) electrons. The van der Waals surface area contributed by atoms with Crippen LogP contribution < -0.4 is 0 Å². The molecule has 0 nitrogen and oxygen atoms in total. The van der Waals surface area contributed by atoms with E-state index in [1.165, 1.54) is 65.4 Å². The Morgan fingerprint density at radius 1 is 0.444 bits per heavy atom. The second-order valence-corrected chi connectivity index (χ2v) is 63.3. The third-order valence-electron chi connectivity index (χ3n) is 3.89. The summed E-state index contributed by atoms with van der Waals surface area (Å²) in [5.41, 5.74) is 0. The fourth-order valence-electron chi connectivity index (χ4n) is 1.68. The topological polar surface area (TPSA) is 0 Å². The Morgan fingerprint density at radius 3 is 0.756 bits per heavy atom. The normalized spacial score (nSPS) is 13.7. The SMILES string of the molecule is C.C.C.C.C.C.C.C.C.CCP(CP(C)P(P)P)PP.CCP(CP(C)P(P)P)PP.CCPCP(C)P.CCPCP(C)P. The summed E-state index contributed by atoms with van der Waals surface area (Å²) in [6.07, 6.45) is 5.59. The van der Waals surface area contributed by atoms with Crippen LogP contribution >= 0.6 is 164 Å². The molecule has 0 aromatic rings. The molecule has 0 aromatic heterocycles. The molecule has 0 rings (SSSR count). The van der Waals surface area contributed by atoms with E-state index >= 15 is 0 Å². The third-order valence-corrected chi connectivity index (χ3v) is 58.2. The Balaban J connectivity index is -0.0000000263. The molecule has 0 fully saturated rings. The molecule has 18 atom stereocenters. The van der Waals surface area contributed by atoms with Gasteiger partial charge in [0.15, 0.2) is 0 Å². The lowest BCUT2D eigenvalue weighted by Crippen LogP contribution is -1.75. The van der Waals surface area contributed by atoms with Crippen LogP contribution in [0.25, 0.3) is 0 Å². The molecule has 0 heterocycles. The summed E-state index contributed by atoms with van der Waals surface area (Å²) in [7, 11) is 30.2. The van der Waals surface area contributed by atoms with Crippen LogP contribution in [0, 0.1) is 0 Å². The minimum absolute atomic E-state index is 0. The van der Waals surface area contributed by atoms with Crippen LogP contribution in [0.1, 0.15) is 94.5 Å². The van der Waals surface area contributed by atoms with Crippen molar-refractivity contribution < 1.29 is 0 Å². The van der Waals surface area contributed by atoms with E-state index in [2.05, 4.69) is 126 Å². The van der Waals surface area contributed by atoms with Gasteiger partial charge in [0.1, 0.15) is 0 Å². The first kappa shape index (κ1) is 90.0. The van der Waals surface area contributed by atoms with Gasteiger partial charge in [-0.25, -0.2) is 0 Å². The van der Waals surface area contributed by atoms with Gasteiger partial charge in [0, 0.05) is 0 Å². The van der Waals surface area contributed by atoms with E-state index in [1.54, 1.807) is 0 Å². The molecule has 45 heavy (non-hydrogen) atoms. The molecule has 0 N–H and O–H groups in total. The van der Waals surface area contributed by atoms with Gasteiger partial charge in [-0.3, -0.25) is 0 Å². The summed E-state index contributed by atoms with van der Waals surface area (Å²) in [4.78, 5) is 0. The van der Waals surface area contributed by atoms with Gasteiger partial charge in [0.05, 0.1) is 0 Å². The van der Waals surface area contributed by atoms with Crippen molar-refractivity contribution in [1.82, 2.24) is 0 Å². The Kier molecular flexibility index (Phi) is 141. The van der Waals surface area contributed by atoms with Gasteiger partial charge < -0.3 is 0 Å². The minimum atomic E-state index is 0. The van der Waals surface area contributed by atoms with Gasteiger partial charge in [0.2, 0.25) is 0 Å². The van der Waals surface area contributed by atoms with E-state index in [-0.39, 0.29) is 80.8 Å². The van der Waals surface area contributed by atoms with Gasteiger partial charge in [0.25, 0.3) is 0 Å². The van der Waals surface area contributed by atoms with Crippen molar-refractivity contribution in [2.24, 2.45) is 0 Å². The van der Waals surface area contributed by atoms with E-state index < -0.39 is 0 Å². The lowest BCUT2D eigenvalue weighted by atomic mass is 11.0. The van der Waals surface area contributed by atoms with E-state index in [0.717, 1.165) is 15.9 Å². The monoisotopic (exact) mass is 1020 g/mol. The van der Waals surface area contributed by atoms with Gasteiger partial charge in [-0.2, -0.15) is 0 Å². The third kappa shape index (κ3) is 81.7. The molecule has 0 aromatic carbocycles. The van der Waals surface area contributed by atoms with Crippen molar-refractivity contribution in [1.29, 1.82) is 0 Å². The maximum absolute atomic E-state index is 2.97. The highest BCUT2D eigenvalue weighted by Crippen LogP contribution is 2.82. The highest BCUT2D eigenvalue weighted by atomic mass is 32.7. The molecule has 0 saturated heterocycles. The number of hydrogen-bond acceptors (Lipinski definition) is 0. The second-order valence-electron chi connectivity index (χ2n) is 7.37. The molecule has 0 aliphatic heterocycles. The molecule has 0 aliphatic rings. The Morgan fingerprint density at radius 2 is 0.667 bits per heavy atom. The summed E-state index contributed by atoms with van der Waals surface area (Å²) in [5, 5.41) is 0. The van der Waals surface area contributed by atoms with Crippen molar-refractivity contribution in [2.75, 3.05) is 74.9 Å². The smallest absolute Gasteiger partial charge is 0.00390 e. The van der Waals surface area contributed by atoms with Crippen LogP contribution in [0.15, 0.2) is 0 Å². The number of hydrogen-bond donors (Lipinski definition) is 0. The molecular formula is C25H96P20. The van der Waals surface area contributed by atoms with Crippen molar-refractivity contribution in [3.63, 3.8) is 0 Å². The number of rotatable bonds is 16. The highest BCUT2D eigenvalue weighted by Gasteiger charge is 2.12. The van der Waals surface area contributed by atoms with Crippen LogP contribution in [-0.2, 0) is 0 Å². The molecule has 18 unspecified atom stereocenters. The minimum Gasteiger partial charge on any atom is -0.118 e. The zero-order chi connectivity index (χ0) is 29.1. The van der Waals surface area contributed by atoms with E-state index in [1.807, 2.05) is 0 Å². The highest BCUT2D eigenvalue weighted by molar-refractivity contribution is 8.74. The summed E-state index contributed by atoms with van der Waals surface area (Å²) in [6.45, 7) is 19.1. The standard InChI is InChI=1S/2C4H17P7.2C4H13P3.9CH4/c2*1-3-10(8-5)4-9(2)11(6)7;2*1-3-6-4-7(2)5;;;;;;;;;/h2*8H,3-7H2,1-2H3;2*6H,3-5H2,1-2H3;9*1H4. The van der Waals surface area contributed by atoms with Crippen LogP contribution in [0.2, 0.25) is 0 Å². The summed E-state index contributed by atoms with van der Waals surface area (Å²) in [5.74, 6) is 5.97. The molecule has 0 bridgehead atoms. The van der Waals surface area contributed by atoms with Crippen molar-refractivity contribution in [3.8, 4) is 0 Å². The van der Waals surface area contributed by atoms with E-state index in [9.17, 15) is 0 Å². The van der Waals surface area contributed by atoms with Gasteiger partial charge in [-0.1, -0.05) is 156 Å². The first-order valence-corrected chi connectivity index (χ1v) is 46.8. The lowest BCUT2D eigenvalue weighted by molar-refractivity contribution is 1.51. The van der Waals surface area contributed by atoms with Crippen LogP contribution in [0.4, 0.5) is 0 Å². The Hall–Kier alpha value is 8.60. The van der Waals surface area contributed by atoms with Crippen LogP contribution in [0.3, 0.4) is 0 Å². The summed E-state index contributed by atoms with van der Waals surface area (Å²) >= 11 is 0. The molecule has 0 aliphatic carbocycles. The average Bonchev–Trinajstić information content (AvgIpc) is 2.83. The van der Waals surface area contributed by atoms with E-state index in [0.29, 0.717) is 45.7 Å². The second kappa shape index (κ2) is 70.4. The predicted octanol–water partition coefficient (Wildman–Crippen LogP) is 20.6. The van der Waals surface area contributed by atoms with Crippen molar-refractivity contribution in [2.45, 2.75) is 94.5 Å². The van der Waals surface area contributed by atoms with Crippen molar-refractivity contribution in [3.05, 3.63) is 0 Å². The molecule has 0 amide bonds. The van der Waals surface area contributed by atoms with Gasteiger partial charge in [-0.05, 0) is 88.9 Å². The largest absolute Gasteiger partial charge is 0.118 e. The summed E-state index contributed by atoms with van der Waals surface area (Å²) < 4.78 is 0. The molecule has 296 valence electrons. The van der Waals surface area contributed by atoms with Gasteiger partial charge in [-0.15, -0.1) is 88.6 Å². The lowest BCUT2D eigenvalue weighted by Gasteiger charge is -2.21. The van der Waals surface area contributed by atoms with Gasteiger partial charge >= 0.3 is 0 Å². The predicted molar refractivity (Wildman–Crippen MR) is 312 cm³/mol. The fraction of sp³-hybridized carbons (Fsp3) is 1.00. The maximum Gasteiger partial charge on any atom is -0.00390 e. The molecular weight excluding hydrogens is 920 g/mol. The molecule has 0 spiro atoms. The fourth-order valence-corrected chi connectivity index (χ4v) is 45.8. The Labute approximate surface area is 331 Å². The average molecular weight is 1020 g/mol. The quantitative estimate of drug-likeness (QED) is 0.135. The van der Waals surface area contributed by atoms with E-state index in [4.69, 9.17) is 0 Å². The zero-order valence-electron chi connectivity index (χ0n) is 23.9. The van der Waals surface area contributed by atoms with Crippen LogP contribution in [0.5, 0.6) is 0 Å². The summed E-state index contributed by atoms with van der Waals surface area (Å²) in [6, 6.07) is 0. The first-order valence-electron chi connectivity index (χ1n) is 11.5. The molecule has 0 saturated carbocycles. The maximum atomic E-state index is 2.97.